The van der Waals surface area contributed by atoms with Gasteiger partial charge in [-0.05, 0) is 92.8 Å². The number of amides is 2. The lowest BCUT2D eigenvalue weighted by Gasteiger charge is -2.34. The van der Waals surface area contributed by atoms with Crippen molar-refractivity contribution in [2.45, 2.75) is 71.0 Å². The number of halogens is 1. The molecule has 2 atom stereocenters. The first-order valence-corrected chi connectivity index (χ1v) is 16.9. The van der Waals surface area contributed by atoms with E-state index in [1.807, 2.05) is 71.0 Å². The number of nitrogens with one attached hydrogen (secondary N) is 1. The maximum absolute atomic E-state index is 14.5. The van der Waals surface area contributed by atoms with Crippen molar-refractivity contribution < 1.29 is 22.4 Å². The molecule has 0 spiro atoms. The number of aryl methyl sites for hydroxylation is 3. The van der Waals surface area contributed by atoms with Gasteiger partial charge in [-0.25, -0.2) is 12.8 Å². The van der Waals surface area contributed by atoms with Gasteiger partial charge >= 0.3 is 0 Å². The number of hydrogen-bond acceptors (Lipinski definition) is 4. The van der Waals surface area contributed by atoms with E-state index in [1.165, 1.54) is 29.2 Å². The zero-order valence-corrected chi connectivity index (χ0v) is 27.9. The fraction of sp³-hybridized carbons (Fsp3) is 0.297. The van der Waals surface area contributed by atoms with Gasteiger partial charge in [0.1, 0.15) is 18.4 Å². The zero-order chi connectivity index (χ0) is 33.4. The van der Waals surface area contributed by atoms with Gasteiger partial charge in [0.05, 0.1) is 10.6 Å². The standard InChI is InChI=1S/C37H42FN3O4S/c1-6-29(5)39-37(43)35(23-30-10-8-7-9-11-30)40(24-31-15-17-32(38)18-16-31)36(42)25-41(33-19-14-27(3)28(4)22-33)46(44,45)34-20-12-26(2)13-21-34/h7-22,29,35H,6,23-25H2,1-5H3,(H,39,43)/t29-,35-/m1/s1. The Morgan fingerprint density at radius 1 is 0.826 bits per heavy atom. The van der Waals surface area contributed by atoms with Gasteiger partial charge in [-0.15, -0.1) is 0 Å². The summed E-state index contributed by atoms with van der Waals surface area (Å²) < 4.78 is 43.4. The molecule has 0 radical (unpaired) electrons. The quantitative estimate of drug-likeness (QED) is 0.180. The average molecular weight is 644 g/mol. The van der Waals surface area contributed by atoms with Gasteiger partial charge in [0.2, 0.25) is 11.8 Å². The second-order valence-electron chi connectivity index (χ2n) is 11.8. The van der Waals surface area contributed by atoms with Gasteiger partial charge < -0.3 is 10.2 Å². The van der Waals surface area contributed by atoms with E-state index in [-0.39, 0.29) is 29.8 Å². The summed E-state index contributed by atoms with van der Waals surface area (Å²) in [6.07, 6.45) is 0.884. The number of rotatable bonds is 13. The molecule has 0 aliphatic heterocycles. The number of sulfonamides is 1. The summed E-state index contributed by atoms with van der Waals surface area (Å²) in [5.41, 5.74) is 4.51. The Balaban J connectivity index is 1.82. The predicted molar refractivity (Wildman–Crippen MR) is 180 cm³/mol. The van der Waals surface area contributed by atoms with E-state index < -0.39 is 34.3 Å². The summed E-state index contributed by atoms with van der Waals surface area (Å²) in [5, 5.41) is 3.02. The number of anilines is 1. The number of carbonyl (C=O) groups is 2. The number of benzene rings is 4. The van der Waals surface area contributed by atoms with Crippen molar-refractivity contribution in [2.75, 3.05) is 10.8 Å². The molecule has 0 saturated carbocycles. The van der Waals surface area contributed by atoms with Crippen LogP contribution < -0.4 is 9.62 Å². The second kappa shape index (κ2) is 15.2. The molecular weight excluding hydrogens is 601 g/mol. The minimum absolute atomic E-state index is 0.0319. The van der Waals surface area contributed by atoms with Crippen LogP contribution >= 0.6 is 0 Å². The number of nitrogens with zero attached hydrogens (tertiary/aromatic N) is 2. The molecule has 4 aromatic rings. The summed E-state index contributed by atoms with van der Waals surface area (Å²) in [6, 6.07) is 25.7. The molecule has 0 aliphatic rings. The third-order valence-corrected chi connectivity index (χ3v) is 9.99. The lowest BCUT2D eigenvalue weighted by Crippen LogP contribution is -2.54. The molecule has 242 valence electrons. The first-order chi connectivity index (χ1) is 21.9. The summed E-state index contributed by atoms with van der Waals surface area (Å²) in [5.74, 6) is -1.35. The number of carbonyl (C=O) groups excluding carboxylic acids is 2. The topological polar surface area (TPSA) is 86.8 Å². The highest BCUT2D eigenvalue weighted by Gasteiger charge is 2.35. The molecule has 46 heavy (non-hydrogen) atoms. The van der Waals surface area contributed by atoms with Gasteiger partial charge in [-0.1, -0.05) is 73.2 Å². The van der Waals surface area contributed by atoms with Crippen LogP contribution in [-0.4, -0.2) is 43.8 Å². The third-order valence-electron chi connectivity index (χ3n) is 8.20. The second-order valence-corrected chi connectivity index (χ2v) is 13.6. The maximum atomic E-state index is 14.5. The Morgan fingerprint density at radius 2 is 1.48 bits per heavy atom. The summed E-state index contributed by atoms with van der Waals surface area (Å²) in [7, 11) is -4.20. The molecule has 0 aromatic heterocycles. The molecule has 2 amide bonds. The highest BCUT2D eigenvalue weighted by atomic mass is 32.2. The molecule has 4 aromatic carbocycles. The summed E-state index contributed by atoms with van der Waals surface area (Å²) in [4.78, 5) is 29.9. The van der Waals surface area contributed by atoms with Crippen LogP contribution in [0.15, 0.2) is 102 Å². The zero-order valence-electron chi connectivity index (χ0n) is 27.0. The van der Waals surface area contributed by atoms with Gasteiger partial charge in [0, 0.05) is 19.0 Å². The molecule has 9 heteroatoms. The minimum Gasteiger partial charge on any atom is -0.352 e. The van der Waals surface area contributed by atoms with E-state index >= 15 is 0 Å². The SMILES string of the molecule is CC[C@@H](C)NC(=O)[C@@H](Cc1ccccc1)N(Cc1ccc(F)cc1)C(=O)CN(c1ccc(C)c(C)c1)S(=O)(=O)c1ccc(C)cc1. The fourth-order valence-corrected chi connectivity index (χ4v) is 6.43. The van der Waals surface area contributed by atoms with Crippen LogP contribution in [0.1, 0.15) is 48.1 Å². The molecule has 0 unspecified atom stereocenters. The Bertz CT molecular complexity index is 1740. The molecule has 1 N–H and O–H groups in total. The molecule has 4 rings (SSSR count). The van der Waals surface area contributed by atoms with Gasteiger partial charge in [-0.2, -0.15) is 0 Å². The van der Waals surface area contributed by atoms with E-state index in [4.69, 9.17) is 0 Å². The Kier molecular flexibility index (Phi) is 11.4. The van der Waals surface area contributed by atoms with Crippen LogP contribution in [0.4, 0.5) is 10.1 Å². The molecule has 0 fully saturated rings. The lowest BCUT2D eigenvalue weighted by atomic mass is 10.0. The van der Waals surface area contributed by atoms with Crippen molar-refractivity contribution in [3.63, 3.8) is 0 Å². The van der Waals surface area contributed by atoms with Crippen molar-refractivity contribution in [3.05, 3.63) is 131 Å². The molecule has 0 aliphatic carbocycles. The maximum Gasteiger partial charge on any atom is 0.264 e. The highest BCUT2D eigenvalue weighted by molar-refractivity contribution is 7.92. The third kappa shape index (κ3) is 8.60. The predicted octanol–water partition coefficient (Wildman–Crippen LogP) is 6.50. The molecular formula is C37H42FN3O4S. The largest absolute Gasteiger partial charge is 0.352 e. The van der Waals surface area contributed by atoms with Crippen LogP contribution in [-0.2, 0) is 32.6 Å². The summed E-state index contributed by atoms with van der Waals surface area (Å²) >= 11 is 0. The molecule has 0 heterocycles. The Labute approximate surface area is 272 Å². The van der Waals surface area contributed by atoms with Gasteiger partial charge in [-0.3, -0.25) is 13.9 Å². The van der Waals surface area contributed by atoms with Crippen LogP contribution in [0.3, 0.4) is 0 Å². The lowest BCUT2D eigenvalue weighted by molar-refractivity contribution is -0.140. The van der Waals surface area contributed by atoms with Crippen molar-refractivity contribution in [2.24, 2.45) is 0 Å². The Hall–Kier alpha value is -4.50. The van der Waals surface area contributed by atoms with Crippen LogP contribution in [0.25, 0.3) is 0 Å². The normalized spacial score (nSPS) is 12.7. The molecule has 0 bridgehead atoms. The van der Waals surface area contributed by atoms with Crippen molar-refractivity contribution in [3.8, 4) is 0 Å². The van der Waals surface area contributed by atoms with E-state index in [9.17, 15) is 22.4 Å². The van der Waals surface area contributed by atoms with Crippen LogP contribution in [0.5, 0.6) is 0 Å². The number of hydrogen-bond donors (Lipinski definition) is 1. The monoisotopic (exact) mass is 643 g/mol. The van der Waals surface area contributed by atoms with E-state index in [1.54, 1.807) is 36.4 Å². The van der Waals surface area contributed by atoms with Crippen LogP contribution in [0.2, 0.25) is 0 Å². The Morgan fingerprint density at radius 3 is 2.09 bits per heavy atom. The van der Waals surface area contributed by atoms with E-state index in [0.29, 0.717) is 17.7 Å². The van der Waals surface area contributed by atoms with Gasteiger partial charge in [0.15, 0.2) is 0 Å². The smallest absolute Gasteiger partial charge is 0.264 e. The fourth-order valence-electron chi connectivity index (χ4n) is 5.03. The van der Waals surface area contributed by atoms with Crippen molar-refractivity contribution in [1.82, 2.24) is 10.2 Å². The molecule has 7 nitrogen and oxygen atoms in total. The highest BCUT2D eigenvalue weighted by Crippen LogP contribution is 2.27. The average Bonchev–Trinajstić information content (AvgIpc) is 3.04. The van der Waals surface area contributed by atoms with E-state index in [2.05, 4.69) is 5.32 Å². The van der Waals surface area contributed by atoms with Crippen molar-refractivity contribution in [1.29, 1.82) is 0 Å². The van der Waals surface area contributed by atoms with Gasteiger partial charge in [0.25, 0.3) is 10.0 Å². The van der Waals surface area contributed by atoms with Crippen LogP contribution in [0, 0.1) is 26.6 Å². The van der Waals surface area contributed by atoms with Crippen molar-refractivity contribution >= 4 is 27.5 Å². The summed E-state index contributed by atoms with van der Waals surface area (Å²) in [6.45, 7) is 8.93. The first kappa shape index (κ1) is 34.4. The van der Waals surface area contributed by atoms with E-state index in [0.717, 1.165) is 26.6 Å². The molecule has 0 saturated heterocycles. The minimum atomic E-state index is -4.20. The first-order valence-electron chi connectivity index (χ1n) is 15.4.